The summed E-state index contributed by atoms with van der Waals surface area (Å²) in [6.45, 7) is 1.96. The molecule has 1 saturated heterocycles. The highest BCUT2D eigenvalue weighted by Crippen LogP contribution is 2.09. The van der Waals surface area contributed by atoms with Crippen molar-refractivity contribution in [1.82, 2.24) is 10.2 Å². The maximum absolute atomic E-state index is 11.1. The van der Waals surface area contributed by atoms with Gasteiger partial charge in [-0.2, -0.15) is 0 Å². The van der Waals surface area contributed by atoms with E-state index in [1.54, 1.807) is 11.9 Å². The fourth-order valence-electron chi connectivity index (χ4n) is 1.46. The van der Waals surface area contributed by atoms with Crippen molar-refractivity contribution < 1.29 is 4.79 Å². The highest BCUT2D eigenvalue weighted by molar-refractivity contribution is 5.92. The third kappa shape index (κ3) is 1.99. The zero-order valence-corrected chi connectivity index (χ0v) is 7.34. The Kier molecular flexibility index (Phi) is 3.12. The maximum Gasteiger partial charge on any atom is 0.298 e. The van der Waals surface area contributed by atoms with Crippen molar-refractivity contribution in [3.8, 4) is 12.3 Å². The van der Waals surface area contributed by atoms with Gasteiger partial charge in [-0.3, -0.25) is 4.79 Å². The molecule has 1 rings (SSSR count). The van der Waals surface area contributed by atoms with Crippen LogP contribution in [0.1, 0.15) is 12.8 Å². The minimum absolute atomic E-state index is 0.207. The van der Waals surface area contributed by atoms with Crippen molar-refractivity contribution in [2.24, 2.45) is 0 Å². The minimum atomic E-state index is -0.207. The number of hydrogen-bond donors (Lipinski definition) is 1. The van der Waals surface area contributed by atoms with Crippen LogP contribution in [0, 0.1) is 12.3 Å². The Bertz CT molecular complexity index is 201. The molecule has 1 heterocycles. The molecule has 0 radical (unpaired) electrons. The predicted octanol–water partition coefficient (Wildman–Crippen LogP) is -0.170. The zero-order valence-electron chi connectivity index (χ0n) is 7.34. The maximum atomic E-state index is 11.1. The third-order valence-corrected chi connectivity index (χ3v) is 2.30. The molecule has 1 aliphatic rings. The fourth-order valence-corrected chi connectivity index (χ4v) is 1.46. The molecule has 1 fully saturated rings. The van der Waals surface area contributed by atoms with Crippen LogP contribution in [0.15, 0.2) is 0 Å². The molecule has 1 N–H and O–H groups in total. The molecule has 0 unspecified atom stereocenters. The van der Waals surface area contributed by atoms with E-state index < -0.39 is 0 Å². The second-order valence-corrected chi connectivity index (χ2v) is 3.04. The van der Waals surface area contributed by atoms with E-state index in [1.165, 1.54) is 0 Å². The molecule has 0 aromatic carbocycles. The molecule has 3 heteroatoms. The topological polar surface area (TPSA) is 32.3 Å². The lowest BCUT2D eigenvalue weighted by Crippen LogP contribution is -2.43. The number of nitrogens with zero attached hydrogens (tertiary/aromatic N) is 1. The van der Waals surface area contributed by atoms with Gasteiger partial charge in [0.2, 0.25) is 0 Å². The fraction of sp³-hybridized carbons (Fsp3) is 0.667. The minimum Gasteiger partial charge on any atom is -0.332 e. The van der Waals surface area contributed by atoms with Gasteiger partial charge in [0, 0.05) is 13.1 Å². The Balaban J connectivity index is 2.45. The van der Waals surface area contributed by atoms with E-state index in [9.17, 15) is 4.79 Å². The first-order chi connectivity index (χ1) is 5.75. The molecule has 12 heavy (non-hydrogen) atoms. The van der Waals surface area contributed by atoms with Crippen LogP contribution in [-0.2, 0) is 4.79 Å². The molecule has 1 amide bonds. The van der Waals surface area contributed by atoms with Crippen LogP contribution >= 0.6 is 0 Å². The summed E-state index contributed by atoms with van der Waals surface area (Å²) < 4.78 is 0. The van der Waals surface area contributed by atoms with Crippen molar-refractivity contribution in [2.45, 2.75) is 18.9 Å². The molecule has 0 bridgehead atoms. The van der Waals surface area contributed by atoms with Gasteiger partial charge >= 0.3 is 0 Å². The predicted molar refractivity (Wildman–Crippen MR) is 47.5 cm³/mol. The Morgan fingerprint density at radius 3 is 2.67 bits per heavy atom. The van der Waals surface area contributed by atoms with Crippen molar-refractivity contribution in [3.63, 3.8) is 0 Å². The molecule has 0 aliphatic carbocycles. The Morgan fingerprint density at radius 2 is 2.17 bits per heavy atom. The van der Waals surface area contributed by atoms with Gasteiger partial charge in [-0.25, -0.2) is 0 Å². The van der Waals surface area contributed by atoms with Gasteiger partial charge in [0.05, 0.1) is 0 Å². The number of nitrogens with one attached hydrogen (secondary N) is 1. The molecule has 0 spiro atoms. The average Bonchev–Trinajstić information content (AvgIpc) is 2.17. The summed E-state index contributed by atoms with van der Waals surface area (Å²) in [5, 5.41) is 3.24. The van der Waals surface area contributed by atoms with E-state index >= 15 is 0 Å². The molecular formula is C9H14N2O. The summed E-state index contributed by atoms with van der Waals surface area (Å²) in [6.07, 6.45) is 7.03. The van der Waals surface area contributed by atoms with Gasteiger partial charge in [0.25, 0.3) is 5.91 Å². The molecule has 3 nitrogen and oxygen atoms in total. The summed E-state index contributed by atoms with van der Waals surface area (Å²) in [6, 6.07) is 0.329. The molecule has 1 aliphatic heterocycles. The third-order valence-electron chi connectivity index (χ3n) is 2.30. The number of carbonyl (C=O) groups is 1. The van der Waals surface area contributed by atoms with Crippen molar-refractivity contribution in [2.75, 3.05) is 20.1 Å². The SMILES string of the molecule is C#CC(=O)N(C)C1CCNCC1. The van der Waals surface area contributed by atoms with E-state index in [4.69, 9.17) is 6.42 Å². The lowest BCUT2D eigenvalue weighted by Gasteiger charge is -2.30. The van der Waals surface area contributed by atoms with E-state index in [-0.39, 0.29) is 5.91 Å². The summed E-state index contributed by atoms with van der Waals surface area (Å²) in [7, 11) is 1.78. The lowest BCUT2D eigenvalue weighted by atomic mass is 10.1. The van der Waals surface area contributed by atoms with Crippen LogP contribution < -0.4 is 5.32 Å². The number of amides is 1. The molecule has 0 aromatic rings. The van der Waals surface area contributed by atoms with Gasteiger partial charge in [0.1, 0.15) is 0 Å². The van der Waals surface area contributed by atoms with Crippen LogP contribution in [0.2, 0.25) is 0 Å². The van der Waals surface area contributed by atoms with Gasteiger partial charge in [0.15, 0.2) is 0 Å². The number of carbonyl (C=O) groups excluding carboxylic acids is 1. The second-order valence-electron chi connectivity index (χ2n) is 3.04. The van der Waals surface area contributed by atoms with Gasteiger partial charge in [-0.15, -0.1) is 6.42 Å². The first-order valence-electron chi connectivity index (χ1n) is 4.20. The van der Waals surface area contributed by atoms with Crippen LogP contribution in [0.4, 0.5) is 0 Å². The summed E-state index contributed by atoms with van der Waals surface area (Å²) in [4.78, 5) is 12.7. The first kappa shape index (κ1) is 9.08. The van der Waals surface area contributed by atoms with E-state index in [0.29, 0.717) is 6.04 Å². The molecule has 66 valence electrons. The van der Waals surface area contributed by atoms with E-state index in [1.807, 2.05) is 0 Å². The average molecular weight is 166 g/mol. The smallest absolute Gasteiger partial charge is 0.298 e. The van der Waals surface area contributed by atoms with Crippen molar-refractivity contribution >= 4 is 5.91 Å². The van der Waals surface area contributed by atoms with Gasteiger partial charge in [-0.05, 0) is 31.9 Å². The number of rotatable bonds is 1. The monoisotopic (exact) mass is 166 g/mol. The molecule has 0 atom stereocenters. The van der Waals surface area contributed by atoms with E-state index in [0.717, 1.165) is 25.9 Å². The van der Waals surface area contributed by atoms with Gasteiger partial charge in [-0.1, -0.05) is 0 Å². The summed E-state index contributed by atoms with van der Waals surface area (Å²) in [5.41, 5.74) is 0. The number of terminal acetylenes is 1. The Morgan fingerprint density at radius 1 is 1.58 bits per heavy atom. The Labute approximate surface area is 73.1 Å². The molecule has 0 saturated carbocycles. The van der Waals surface area contributed by atoms with Crippen LogP contribution in [0.25, 0.3) is 0 Å². The Hall–Kier alpha value is -1.01. The quantitative estimate of drug-likeness (QED) is 0.548. The molecular weight excluding hydrogens is 152 g/mol. The van der Waals surface area contributed by atoms with Crippen LogP contribution in [-0.4, -0.2) is 37.0 Å². The molecule has 0 aromatic heterocycles. The summed E-state index contributed by atoms with van der Waals surface area (Å²) in [5.74, 6) is 1.92. The zero-order chi connectivity index (χ0) is 8.97. The highest BCUT2D eigenvalue weighted by Gasteiger charge is 2.20. The standard InChI is InChI=1S/C9H14N2O/c1-3-9(12)11(2)8-4-6-10-7-5-8/h1,8,10H,4-7H2,2H3. The normalized spacial score (nSPS) is 18.3. The van der Waals surface area contributed by atoms with Crippen LogP contribution in [0.5, 0.6) is 0 Å². The van der Waals surface area contributed by atoms with Gasteiger partial charge < -0.3 is 10.2 Å². The first-order valence-corrected chi connectivity index (χ1v) is 4.20. The van der Waals surface area contributed by atoms with Crippen molar-refractivity contribution in [1.29, 1.82) is 0 Å². The number of piperidine rings is 1. The lowest BCUT2D eigenvalue weighted by molar-refractivity contribution is -0.126. The summed E-state index contributed by atoms with van der Waals surface area (Å²) >= 11 is 0. The van der Waals surface area contributed by atoms with E-state index in [2.05, 4.69) is 11.2 Å². The highest BCUT2D eigenvalue weighted by atomic mass is 16.2. The van der Waals surface area contributed by atoms with Crippen LogP contribution in [0.3, 0.4) is 0 Å². The van der Waals surface area contributed by atoms with Crippen molar-refractivity contribution in [3.05, 3.63) is 0 Å². The number of hydrogen-bond acceptors (Lipinski definition) is 2. The second kappa shape index (κ2) is 4.13. The largest absolute Gasteiger partial charge is 0.332 e.